The largest absolute Gasteiger partial charge is 0.496 e. The van der Waals surface area contributed by atoms with Crippen LogP contribution in [-0.4, -0.2) is 30.0 Å². The Bertz CT molecular complexity index is 586. The van der Waals surface area contributed by atoms with Crippen molar-refractivity contribution >= 4 is 0 Å². The van der Waals surface area contributed by atoms with Crippen LogP contribution in [0.1, 0.15) is 30.0 Å². The second kappa shape index (κ2) is 5.63. The van der Waals surface area contributed by atoms with Gasteiger partial charge in [-0.2, -0.15) is 0 Å². The highest BCUT2D eigenvalue weighted by molar-refractivity contribution is 5.44. The van der Waals surface area contributed by atoms with E-state index in [0.717, 1.165) is 44.3 Å². The number of nitrogens with one attached hydrogen (secondary N) is 1. The Balaban J connectivity index is 1.97. The molecule has 1 heterocycles. The van der Waals surface area contributed by atoms with Crippen molar-refractivity contribution < 1.29 is 9.66 Å². The van der Waals surface area contributed by atoms with E-state index in [2.05, 4.69) is 16.3 Å². The van der Waals surface area contributed by atoms with Gasteiger partial charge in [0.05, 0.1) is 18.1 Å². The van der Waals surface area contributed by atoms with Gasteiger partial charge in [0.25, 0.3) is 6.20 Å². The minimum Gasteiger partial charge on any atom is -0.496 e. The summed E-state index contributed by atoms with van der Waals surface area (Å²) in [7, 11) is 1.69. The Morgan fingerprint density at radius 2 is 2.38 bits per heavy atom. The molecule has 112 valence electrons. The van der Waals surface area contributed by atoms with Crippen LogP contribution >= 0.6 is 0 Å². The third-order valence-corrected chi connectivity index (χ3v) is 4.22. The molecule has 0 saturated carbocycles. The maximum atomic E-state index is 10.8. The van der Waals surface area contributed by atoms with E-state index in [1.54, 1.807) is 7.11 Å². The van der Waals surface area contributed by atoms with E-state index < -0.39 is 4.92 Å². The lowest BCUT2D eigenvalue weighted by Crippen LogP contribution is -2.29. The smallest absolute Gasteiger partial charge is 0.274 e. The number of nitrogens with zero attached hydrogens (tertiary/aromatic N) is 2. The third-order valence-electron chi connectivity index (χ3n) is 4.22. The fourth-order valence-electron chi connectivity index (χ4n) is 3.37. The number of fused-ring (bicyclic) bond motifs is 1. The summed E-state index contributed by atoms with van der Waals surface area (Å²) >= 11 is 0. The van der Waals surface area contributed by atoms with Crippen LogP contribution in [0.25, 0.3) is 0 Å². The summed E-state index contributed by atoms with van der Waals surface area (Å²) in [5, 5.41) is 13.9. The molecular weight excluding hydrogens is 270 g/mol. The molecule has 1 unspecified atom stereocenters. The number of nitro groups is 1. The molecule has 0 bridgehead atoms. The first-order valence-electron chi connectivity index (χ1n) is 7.22. The van der Waals surface area contributed by atoms with Crippen molar-refractivity contribution in [3.63, 3.8) is 0 Å². The van der Waals surface area contributed by atoms with Crippen LogP contribution in [0.2, 0.25) is 0 Å². The minimum atomic E-state index is -0.393. The molecule has 6 nitrogen and oxygen atoms in total. The van der Waals surface area contributed by atoms with Gasteiger partial charge in [-0.3, -0.25) is 10.1 Å². The number of rotatable bonds is 3. The van der Waals surface area contributed by atoms with E-state index in [1.165, 1.54) is 11.1 Å². The van der Waals surface area contributed by atoms with Crippen LogP contribution in [0.5, 0.6) is 5.75 Å². The van der Waals surface area contributed by atoms with E-state index >= 15 is 0 Å². The molecule has 0 spiro atoms. The zero-order valence-corrected chi connectivity index (χ0v) is 12.0. The van der Waals surface area contributed by atoms with Crippen molar-refractivity contribution in [1.82, 2.24) is 10.2 Å². The molecule has 1 aliphatic heterocycles. The zero-order chi connectivity index (χ0) is 14.8. The number of benzene rings is 1. The van der Waals surface area contributed by atoms with Crippen molar-refractivity contribution in [2.75, 3.05) is 20.2 Å². The van der Waals surface area contributed by atoms with Gasteiger partial charge in [-0.1, -0.05) is 12.1 Å². The Kier molecular flexibility index (Phi) is 3.68. The van der Waals surface area contributed by atoms with Crippen LogP contribution < -0.4 is 10.1 Å². The second-order valence-electron chi connectivity index (χ2n) is 5.36. The van der Waals surface area contributed by atoms with Crippen molar-refractivity contribution in [2.24, 2.45) is 0 Å². The summed E-state index contributed by atoms with van der Waals surface area (Å²) in [4.78, 5) is 12.5. The molecule has 0 amide bonds. The van der Waals surface area contributed by atoms with E-state index in [4.69, 9.17) is 4.74 Å². The molecule has 0 aromatic heterocycles. The molecule has 6 heteroatoms. The average Bonchev–Trinajstić information content (AvgIpc) is 2.93. The van der Waals surface area contributed by atoms with Crippen LogP contribution in [0, 0.1) is 10.1 Å². The number of hydrogen-bond acceptors (Lipinski definition) is 5. The van der Waals surface area contributed by atoms with Crippen molar-refractivity contribution in [1.29, 1.82) is 0 Å². The van der Waals surface area contributed by atoms with Gasteiger partial charge < -0.3 is 15.0 Å². The number of hydrogen-bond donors (Lipinski definition) is 1. The van der Waals surface area contributed by atoms with E-state index in [-0.39, 0.29) is 6.04 Å². The SMILES string of the molecule is COc1cccc2c1CCCC2N1CCN/C1=C\[N+](=O)[O-]. The molecule has 3 rings (SSSR count). The molecule has 1 aliphatic carbocycles. The predicted molar refractivity (Wildman–Crippen MR) is 78.5 cm³/mol. The first kappa shape index (κ1) is 13.7. The molecule has 1 saturated heterocycles. The average molecular weight is 289 g/mol. The minimum absolute atomic E-state index is 0.185. The van der Waals surface area contributed by atoms with Gasteiger partial charge in [0.2, 0.25) is 0 Å². The summed E-state index contributed by atoms with van der Waals surface area (Å²) < 4.78 is 5.46. The normalized spacial score (nSPS) is 22.8. The second-order valence-corrected chi connectivity index (χ2v) is 5.36. The van der Waals surface area contributed by atoms with Gasteiger partial charge in [-0.05, 0) is 36.5 Å². The fourth-order valence-corrected chi connectivity index (χ4v) is 3.37. The van der Waals surface area contributed by atoms with Crippen LogP contribution in [0.3, 0.4) is 0 Å². The van der Waals surface area contributed by atoms with Gasteiger partial charge in [0.15, 0.2) is 5.82 Å². The third kappa shape index (κ3) is 2.53. The highest BCUT2D eigenvalue weighted by Crippen LogP contribution is 2.40. The van der Waals surface area contributed by atoms with Crippen molar-refractivity contribution in [3.8, 4) is 5.75 Å². The van der Waals surface area contributed by atoms with Crippen LogP contribution in [0.4, 0.5) is 0 Å². The molecule has 1 atom stereocenters. The Hall–Kier alpha value is -2.24. The summed E-state index contributed by atoms with van der Waals surface area (Å²) in [5.41, 5.74) is 2.47. The van der Waals surface area contributed by atoms with E-state index in [1.807, 2.05) is 12.1 Å². The maximum Gasteiger partial charge on any atom is 0.274 e. The van der Waals surface area contributed by atoms with Crippen molar-refractivity contribution in [3.05, 3.63) is 51.5 Å². The molecule has 21 heavy (non-hydrogen) atoms. The lowest BCUT2D eigenvalue weighted by atomic mass is 9.86. The fraction of sp³-hybridized carbons (Fsp3) is 0.467. The van der Waals surface area contributed by atoms with Gasteiger partial charge in [0, 0.05) is 13.1 Å². The van der Waals surface area contributed by atoms with Gasteiger partial charge >= 0.3 is 0 Å². The molecule has 2 aliphatic rings. The van der Waals surface area contributed by atoms with Crippen LogP contribution in [0.15, 0.2) is 30.2 Å². The standard InChI is InChI=1S/C15H19N3O3/c1-21-14-7-3-4-11-12(14)5-2-6-13(11)17-9-8-16-15(17)10-18(19)20/h3-4,7,10,13,16H,2,5-6,8-9H2,1H3/b15-10+. The van der Waals surface area contributed by atoms with E-state index in [9.17, 15) is 10.1 Å². The monoisotopic (exact) mass is 289 g/mol. The summed E-state index contributed by atoms with van der Waals surface area (Å²) in [5.74, 6) is 1.53. The molecule has 1 fully saturated rings. The number of methoxy groups -OCH3 is 1. The Morgan fingerprint density at radius 1 is 1.52 bits per heavy atom. The summed E-state index contributed by atoms with van der Waals surface area (Å²) in [6.45, 7) is 1.54. The lowest BCUT2D eigenvalue weighted by molar-refractivity contribution is -0.404. The molecule has 1 aromatic carbocycles. The lowest BCUT2D eigenvalue weighted by Gasteiger charge is -2.34. The summed E-state index contributed by atoms with van der Waals surface area (Å²) in [6.07, 6.45) is 4.16. The van der Waals surface area contributed by atoms with Crippen LogP contribution in [-0.2, 0) is 6.42 Å². The maximum absolute atomic E-state index is 10.8. The highest BCUT2D eigenvalue weighted by Gasteiger charge is 2.32. The van der Waals surface area contributed by atoms with Gasteiger partial charge in [-0.25, -0.2) is 0 Å². The summed E-state index contributed by atoms with van der Waals surface area (Å²) in [6, 6.07) is 6.28. The van der Waals surface area contributed by atoms with Gasteiger partial charge in [0.1, 0.15) is 5.75 Å². The zero-order valence-electron chi connectivity index (χ0n) is 12.0. The molecule has 1 aromatic rings. The Labute approximate surface area is 123 Å². The van der Waals surface area contributed by atoms with E-state index in [0.29, 0.717) is 5.82 Å². The van der Waals surface area contributed by atoms with Gasteiger partial charge in [-0.15, -0.1) is 0 Å². The molecule has 0 radical (unpaired) electrons. The predicted octanol–water partition coefficient (Wildman–Crippen LogP) is 2.05. The molecular formula is C15H19N3O3. The topological polar surface area (TPSA) is 67.6 Å². The first-order chi connectivity index (χ1) is 10.2. The quantitative estimate of drug-likeness (QED) is 0.681. The van der Waals surface area contributed by atoms with Crippen molar-refractivity contribution in [2.45, 2.75) is 25.3 Å². The first-order valence-corrected chi connectivity index (χ1v) is 7.22. The highest BCUT2D eigenvalue weighted by atomic mass is 16.6. The molecule has 1 N–H and O–H groups in total. The number of ether oxygens (including phenoxy) is 1. The Morgan fingerprint density at radius 3 is 3.14 bits per heavy atom.